The minimum atomic E-state index is -1.33. The second kappa shape index (κ2) is 19.1. The van der Waals surface area contributed by atoms with Gasteiger partial charge in [0.15, 0.2) is 0 Å². The number of carboxylic acids is 1. The second-order valence-corrected chi connectivity index (χ2v) is 13.8. The molecule has 306 valence electrons. The van der Waals surface area contributed by atoms with Crippen LogP contribution in [0.1, 0.15) is 41.3 Å². The number of H-pyrrole nitrogens is 5. The Bertz CT molecular complexity index is 2090. The zero-order valence-corrected chi connectivity index (χ0v) is 31.1. The van der Waals surface area contributed by atoms with E-state index in [4.69, 9.17) is 5.73 Å². The Kier molecular flexibility index (Phi) is 13.3. The van der Waals surface area contributed by atoms with Crippen molar-refractivity contribution >= 4 is 35.5 Å². The van der Waals surface area contributed by atoms with Gasteiger partial charge in [0.2, 0.25) is 29.5 Å². The zero-order valence-electron chi connectivity index (χ0n) is 31.1. The molecule has 12 N–H and O–H groups in total. The Morgan fingerprint density at radius 2 is 0.931 bits per heavy atom. The number of aromatic amines is 5. The molecule has 5 aromatic rings. The van der Waals surface area contributed by atoms with Crippen molar-refractivity contribution in [3.05, 3.63) is 91.1 Å². The molecule has 0 aromatic carbocycles. The molecule has 5 aromatic heterocycles. The first kappa shape index (κ1) is 40.5. The molecule has 0 saturated carbocycles. The van der Waals surface area contributed by atoms with Gasteiger partial charge < -0.3 is 61.9 Å². The van der Waals surface area contributed by atoms with E-state index in [1.165, 1.54) is 67.5 Å². The number of hydrogen-bond donors (Lipinski definition) is 11. The Labute approximate surface area is 329 Å². The highest BCUT2D eigenvalue weighted by atomic mass is 16.4. The number of carboxylic acid groups (broad SMARTS) is 1. The van der Waals surface area contributed by atoms with Gasteiger partial charge in [-0.3, -0.25) is 24.0 Å². The second-order valence-electron chi connectivity index (χ2n) is 13.8. The predicted molar refractivity (Wildman–Crippen MR) is 200 cm³/mol. The molecule has 6 rings (SSSR count). The van der Waals surface area contributed by atoms with Gasteiger partial charge in [0.05, 0.1) is 37.7 Å². The molecule has 6 unspecified atom stereocenters. The van der Waals surface area contributed by atoms with Gasteiger partial charge in [-0.05, 0) is 12.8 Å². The fourth-order valence-corrected chi connectivity index (χ4v) is 6.60. The quantitative estimate of drug-likeness (QED) is 0.0378. The highest BCUT2D eigenvalue weighted by Crippen LogP contribution is 2.20. The molecule has 0 radical (unpaired) electrons. The number of rotatable bonds is 20. The first-order chi connectivity index (χ1) is 28.0. The molecular weight excluding hydrogens is 756 g/mol. The topological polar surface area (TPSA) is 343 Å². The highest BCUT2D eigenvalue weighted by molar-refractivity contribution is 5.96. The minimum absolute atomic E-state index is 0.0386. The third kappa shape index (κ3) is 10.8. The molecule has 1 aliphatic heterocycles. The molecule has 1 aliphatic rings. The molecule has 6 atom stereocenters. The standard InChI is InChI=1S/C35H44N16O7/c36-24(4-19-9-37-14-42-19)30(52)47-25(5-20-10-38-15-43-20)31(53)48-26(6-21-11-39-16-44-21)32(54)49-27(7-22-12-40-17-45-22)33(55)50-28(8-23-13-41-18-46-23)34(56)51-3-1-2-29(51)35(57)58/h9-18,24-29H,1-8,36H2,(H,37,42)(H,38,43)(H,39,44)(H,40,45)(H,41,46)(H,47,52)(H,48,53)(H,49,54)(H,50,55)(H,57,58). The summed E-state index contributed by atoms with van der Waals surface area (Å²) >= 11 is 0. The molecule has 0 spiro atoms. The molecule has 1 saturated heterocycles. The number of nitrogens with two attached hydrogens (primary N) is 1. The third-order valence-corrected chi connectivity index (χ3v) is 9.58. The molecule has 6 heterocycles. The van der Waals surface area contributed by atoms with Crippen LogP contribution >= 0.6 is 0 Å². The van der Waals surface area contributed by atoms with Crippen LogP contribution in [0.15, 0.2) is 62.6 Å². The minimum Gasteiger partial charge on any atom is -0.480 e. The third-order valence-electron chi connectivity index (χ3n) is 9.58. The maximum atomic E-state index is 14.2. The van der Waals surface area contributed by atoms with Crippen molar-refractivity contribution in [2.24, 2.45) is 5.73 Å². The predicted octanol–water partition coefficient (Wildman–Crippen LogP) is -2.84. The van der Waals surface area contributed by atoms with Crippen LogP contribution in [-0.2, 0) is 60.9 Å². The summed E-state index contributed by atoms with van der Waals surface area (Å²) in [5.41, 5.74) is 8.72. The van der Waals surface area contributed by atoms with Crippen LogP contribution in [0, 0.1) is 0 Å². The van der Waals surface area contributed by atoms with Gasteiger partial charge in [0.1, 0.15) is 30.2 Å². The van der Waals surface area contributed by atoms with Gasteiger partial charge in [0.25, 0.3) is 0 Å². The number of imidazole rings is 5. The lowest BCUT2D eigenvalue weighted by molar-refractivity contribution is -0.149. The van der Waals surface area contributed by atoms with Crippen molar-refractivity contribution in [1.29, 1.82) is 0 Å². The largest absolute Gasteiger partial charge is 0.480 e. The first-order valence-corrected chi connectivity index (χ1v) is 18.4. The summed E-state index contributed by atoms with van der Waals surface area (Å²) in [5, 5.41) is 20.6. The Morgan fingerprint density at radius 3 is 1.29 bits per heavy atom. The first-order valence-electron chi connectivity index (χ1n) is 18.4. The SMILES string of the molecule is NC(Cc1cnc[nH]1)C(=O)NC(Cc1cnc[nH]1)C(=O)NC(Cc1cnc[nH]1)C(=O)NC(Cc1cnc[nH]1)C(=O)NC(Cc1cnc[nH]1)C(=O)N1CCCC1C(=O)O. The number of carbonyl (C=O) groups excluding carboxylic acids is 5. The number of carbonyl (C=O) groups is 6. The fourth-order valence-electron chi connectivity index (χ4n) is 6.60. The summed E-state index contributed by atoms with van der Waals surface area (Å²) in [7, 11) is 0. The molecule has 23 heteroatoms. The van der Waals surface area contributed by atoms with Crippen LogP contribution in [0.4, 0.5) is 0 Å². The van der Waals surface area contributed by atoms with E-state index >= 15 is 0 Å². The van der Waals surface area contributed by atoms with E-state index in [1.807, 2.05) is 0 Å². The van der Waals surface area contributed by atoms with Crippen molar-refractivity contribution in [3.8, 4) is 0 Å². The number of aliphatic carboxylic acids is 1. The summed E-state index contributed by atoms with van der Waals surface area (Å²) in [5.74, 6) is -4.70. The molecule has 0 aliphatic carbocycles. The molecule has 23 nitrogen and oxygen atoms in total. The van der Waals surface area contributed by atoms with E-state index in [2.05, 4.69) is 71.1 Å². The van der Waals surface area contributed by atoms with Gasteiger partial charge in [-0.25, -0.2) is 29.7 Å². The Morgan fingerprint density at radius 1 is 0.586 bits per heavy atom. The van der Waals surface area contributed by atoms with Crippen molar-refractivity contribution in [2.45, 2.75) is 81.2 Å². The summed E-state index contributed by atoms with van der Waals surface area (Å²) in [6.07, 6.45) is 15.0. The summed E-state index contributed by atoms with van der Waals surface area (Å²) in [6.45, 7) is 0.187. The average molecular weight is 801 g/mol. The fraction of sp³-hybridized carbons (Fsp3) is 0.400. The van der Waals surface area contributed by atoms with Crippen molar-refractivity contribution in [2.75, 3.05) is 6.54 Å². The van der Waals surface area contributed by atoms with Gasteiger partial charge in [0, 0.05) is 98.1 Å². The lowest BCUT2D eigenvalue weighted by Crippen LogP contribution is -2.60. The maximum absolute atomic E-state index is 14.2. The Balaban J connectivity index is 1.22. The number of amides is 5. The maximum Gasteiger partial charge on any atom is 0.326 e. The van der Waals surface area contributed by atoms with Crippen LogP contribution in [0.2, 0.25) is 0 Å². The van der Waals surface area contributed by atoms with E-state index in [1.54, 1.807) is 0 Å². The molecule has 0 bridgehead atoms. The smallest absolute Gasteiger partial charge is 0.326 e. The van der Waals surface area contributed by atoms with Crippen molar-refractivity contribution in [1.82, 2.24) is 76.0 Å². The summed E-state index contributed by atoms with van der Waals surface area (Å²) in [6, 6.07) is -7.23. The number of aromatic nitrogens is 10. The van der Waals surface area contributed by atoms with E-state index in [0.29, 0.717) is 34.9 Å². The van der Waals surface area contributed by atoms with Crippen LogP contribution in [0.5, 0.6) is 0 Å². The molecule has 1 fully saturated rings. The summed E-state index contributed by atoms with van der Waals surface area (Å²) < 4.78 is 0. The Hall–Kier alpha value is -7.17. The number of nitrogens with zero attached hydrogens (tertiary/aromatic N) is 6. The monoisotopic (exact) mass is 800 g/mol. The van der Waals surface area contributed by atoms with Gasteiger partial charge in [-0.2, -0.15) is 0 Å². The van der Waals surface area contributed by atoms with E-state index in [9.17, 15) is 33.9 Å². The average Bonchev–Trinajstić information content (AvgIpc) is 4.05. The van der Waals surface area contributed by atoms with Gasteiger partial charge in [-0.1, -0.05) is 0 Å². The van der Waals surface area contributed by atoms with Gasteiger partial charge in [-0.15, -0.1) is 0 Å². The number of likely N-dealkylation sites (tertiary alicyclic amines) is 1. The number of nitrogens with one attached hydrogen (secondary N) is 9. The van der Waals surface area contributed by atoms with E-state index in [0.717, 1.165) is 0 Å². The van der Waals surface area contributed by atoms with E-state index < -0.39 is 71.8 Å². The van der Waals surface area contributed by atoms with Crippen LogP contribution in [0.3, 0.4) is 0 Å². The molecule has 58 heavy (non-hydrogen) atoms. The normalized spacial score (nSPS) is 16.4. The van der Waals surface area contributed by atoms with Crippen LogP contribution < -0.4 is 27.0 Å². The van der Waals surface area contributed by atoms with Crippen LogP contribution in [0.25, 0.3) is 0 Å². The highest BCUT2D eigenvalue weighted by Gasteiger charge is 2.39. The van der Waals surface area contributed by atoms with Gasteiger partial charge >= 0.3 is 5.97 Å². The number of hydrogen-bond acceptors (Lipinski definition) is 12. The lowest BCUT2D eigenvalue weighted by atomic mass is 10.0. The molecule has 5 amide bonds. The van der Waals surface area contributed by atoms with Crippen LogP contribution in [-0.4, -0.2) is 138 Å². The lowest BCUT2D eigenvalue weighted by Gasteiger charge is -2.29. The van der Waals surface area contributed by atoms with Crippen molar-refractivity contribution < 1.29 is 33.9 Å². The summed E-state index contributed by atoms with van der Waals surface area (Å²) in [4.78, 5) is 117. The zero-order chi connectivity index (χ0) is 41.0. The molecular formula is C35H44N16O7. The van der Waals surface area contributed by atoms with Crippen molar-refractivity contribution in [3.63, 3.8) is 0 Å². The van der Waals surface area contributed by atoms with E-state index in [-0.39, 0.29) is 45.1 Å².